The molecule has 106 valence electrons. The van der Waals surface area contributed by atoms with Gasteiger partial charge in [0.2, 0.25) is 0 Å². The number of hydrogen-bond donors (Lipinski definition) is 1. The highest BCUT2D eigenvalue weighted by atomic mass is 32.1. The summed E-state index contributed by atoms with van der Waals surface area (Å²) < 4.78 is 27.6. The first kappa shape index (κ1) is 13.7. The van der Waals surface area contributed by atoms with Crippen LogP contribution in [-0.2, 0) is 0 Å². The average molecular weight is 303 g/mol. The van der Waals surface area contributed by atoms with E-state index in [-0.39, 0.29) is 16.9 Å². The summed E-state index contributed by atoms with van der Waals surface area (Å²) >= 11 is 1.31. The molecule has 0 fully saturated rings. The number of thiazole rings is 1. The Morgan fingerprint density at radius 1 is 1.10 bits per heavy atom. The van der Waals surface area contributed by atoms with Gasteiger partial charge in [0.15, 0.2) is 0 Å². The first-order valence-electron chi connectivity index (χ1n) is 6.25. The fourth-order valence-corrected chi connectivity index (χ4v) is 2.83. The summed E-state index contributed by atoms with van der Waals surface area (Å²) in [5.41, 5.74) is 1.52. The molecule has 1 aromatic heterocycles. The van der Waals surface area contributed by atoms with Gasteiger partial charge in [-0.1, -0.05) is 12.1 Å². The highest BCUT2D eigenvalue weighted by Crippen LogP contribution is 2.32. The van der Waals surface area contributed by atoms with E-state index in [0.29, 0.717) is 10.7 Å². The molecule has 0 unspecified atom stereocenters. The molecule has 0 aliphatic heterocycles. The molecule has 3 rings (SSSR count). The zero-order valence-electron chi connectivity index (χ0n) is 11.1. The molecule has 0 spiro atoms. The summed E-state index contributed by atoms with van der Waals surface area (Å²) in [7, 11) is 0. The van der Waals surface area contributed by atoms with Crippen LogP contribution in [-0.4, -0.2) is 10.1 Å². The second-order valence-electron chi connectivity index (χ2n) is 4.67. The third kappa shape index (κ3) is 2.64. The standard InChI is InChI=1S/C16H11F2NOS/c1-9-5-14(18)12(7-13(9)17)15-8-21-16(19-15)10-3-2-4-11(20)6-10/h2-8,20H,1H3. The summed E-state index contributed by atoms with van der Waals surface area (Å²) in [5.74, 6) is -0.822. The SMILES string of the molecule is Cc1cc(F)c(-c2csc(-c3cccc(O)c3)n2)cc1F. The maximum absolute atomic E-state index is 13.9. The van der Waals surface area contributed by atoms with E-state index in [1.54, 1.807) is 29.6 Å². The highest BCUT2D eigenvalue weighted by Gasteiger charge is 2.13. The van der Waals surface area contributed by atoms with E-state index in [2.05, 4.69) is 4.98 Å². The van der Waals surface area contributed by atoms with E-state index < -0.39 is 11.6 Å². The smallest absolute Gasteiger partial charge is 0.133 e. The van der Waals surface area contributed by atoms with Gasteiger partial charge in [0.05, 0.1) is 5.69 Å². The second kappa shape index (κ2) is 5.26. The summed E-state index contributed by atoms with van der Waals surface area (Å²) in [6.45, 7) is 1.52. The maximum Gasteiger partial charge on any atom is 0.133 e. The van der Waals surface area contributed by atoms with Crippen LogP contribution in [0.25, 0.3) is 21.8 Å². The monoisotopic (exact) mass is 303 g/mol. The van der Waals surface area contributed by atoms with E-state index in [0.717, 1.165) is 17.7 Å². The number of aryl methyl sites for hydroxylation is 1. The molecule has 0 saturated carbocycles. The molecule has 2 aromatic carbocycles. The lowest BCUT2D eigenvalue weighted by Crippen LogP contribution is -1.90. The van der Waals surface area contributed by atoms with Gasteiger partial charge in [-0.05, 0) is 36.8 Å². The van der Waals surface area contributed by atoms with Crippen LogP contribution in [0.5, 0.6) is 5.75 Å². The van der Waals surface area contributed by atoms with Crippen molar-refractivity contribution in [1.82, 2.24) is 4.98 Å². The van der Waals surface area contributed by atoms with Crippen molar-refractivity contribution in [3.63, 3.8) is 0 Å². The number of phenols is 1. The number of benzene rings is 2. The Kier molecular flexibility index (Phi) is 3.43. The molecule has 0 atom stereocenters. The van der Waals surface area contributed by atoms with Gasteiger partial charge in [0, 0.05) is 16.5 Å². The van der Waals surface area contributed by atoms with Crippen LogP contribution in [0, 0.1) is 18.6 Å². The Morgan fingerprint density at radius 2 is 1.90 bits per heavy atom. The molecule has 0 amide bonds. The summed E-state index contributed by atoms with van der Waals surface area (Å²) in [6.07, 6.45) is 0. The van der Waals surface area contributed by atoms with E-state index in [1.807, 2.05) is 0 Å². The van der Waals surface area contributed by atoms with Gasteiger partial charge >= 0.3 is 0 Å². The number of aromatic nitrogens is 1. The number of hydrogen-bond acceptors (Lipinski definition) is 3. The molecule has 0 saturated heterocycles. The molecule has 0 radical (unpaired) electrons. The van der Waals surface area contributed by atoms with Gasteiger partial charge in [0.25, 0.3) is 0 Å². The average Bonchev–Trinajstić information content (AvgIpc) is 2.92. The lowest BCUT2D eigenvalue weighted by molar-refractivity contribution is 0.475. The topological polar surface area (TPSA) is 33.1 Å². The van der Waals surface area contributed by atoms with Crippen molar-refractivity contribution in [2.75, 3.05) is 0 Å². The third-order valence-corrected chi connectivity index (χ3v) is 4.01. The minimum atomic E-state index is -0.498. The van der Waals surface area contributed by atoms with Gasteiger partial charge < -0.3 is 5.11 Å². The van der Waals surface area contributed by atoms with E-state index in [1.165, 1.54) is 18.3 Å². The van der Waals surface area contributed by atoms with Gasteiger partial charge in [-0.15, -0.1) is 11.3 Å². The van der Waals surface area contributed by atoms with Crippen LogP contribution < -0.4 is 0 Å². The third-order valence-electron chi connectivity index (χ3n) is 3.12. The van der Waals surface area contributed by atoms with E-state index in [9.17, 15) is 13.9 Å². The molecule has 0 aliphatic rings. The molecule has 21 heavy (non-hydrogen) atoms. The second-order valence-corrected chi connectivity index (χ2v) is 5.53. The molecule has 5 heteroatoms. The highest BCUT2D eigenvalue weighted by molar-refractivity contribution is 7.13. The van der Waals surface area contributed by atoms with Crippen LogP contribution in [0.3, 0.4) is 0 Å². The largest absolute Gasteiger partial charge is 0.508 e. The number of halogens is 2. The Bertz CT molecular complexity index is 814. The molecule has 1 heterocycles. The van der Waals surface area contributed by atoms with Crippen molar-refractivity contribution in [1.29, 1.82) is 0 Å². The Labute approximate surface area is 124 Å². The van der Waals surface area contributed by atoms with Crippen LogP contribution in [0.15, 0.2) is 41.8 Å². The van der Waals surface area contributed by atoms with E-state index in [4.69, 9.17) is 0 Å². The summed E-state index contributed by atoms with van der Waals surface area (Å²) in [5, 5.41) is 11.8. The van der Waals surface area contributed by atoms with Crippen molar-refractivity contribution >= 4 is 11.3 Å². The summed E-state index contributed by atoms with van der Waals surface area (Å²) in [6, 6.07) is 8.97. The lowest BCUT2D eigenvalue weighted by Gasteiger charge is -2.02. The fraction of sp³-hybridized carbons (Fsp3) is 0.0625. The predicted octanol–water partition coefficient (Wildman–Crippen LogP) is 4.77. The van der Waals surface area contributed by atoms with Gasteiger partial charge in [-0.3, -0.25) is 0 Å². The zero-order chi connectivity index (χ0) is 15.0. The van der Waals surface area contributed by atoms with Gasteiger partial charge in [-0.25, -0.2) is 13.8 Å². The van der Waals surface area contributed by atoms with Gasteiger partial charge in [-0.2, -0.15) is 0 Å². The van der Waals surface area contributed by atoms with Crippen LogP contribution in [0.1, 0.15) is 5.56 Å². The first-order valence-corrected chi connectivity index (χ1v) is 7.13. The van der Waals surface area contributed by atoms with Crippen LogP contribution in [0.4, 0.5) is 8.78 Å². The maximum atomic E-state index is 13.9. The Balaban J connectivity index is 2.05. The predicted molar refractivity (Wildman–Crippen MR) is 79.3 cm³/mol. The number of rotatable bonds is 2. The first-order chi connectivity index (χ1) is 10.0. The van der Waals surface area contributed by atoms with Crippen LogP contribution >= 0.6 is 11.3 Å². The lowest BCUT2D eigenvalue weighted by atomic mass is 10.1. The molecule has 1 N–H and O–H groups in total. The Hall–Kier alpha value is -2.27. The molecule has 0 aliphatic carbocycles. The van der Waals surface area contributed by atoms with Crippen molar-refractivity contribution < 1.29 is 13.9 Å². The Morgan fingerprint density at radius 3 is 2.67 bits per heavy atom. The molecule has 2 nitrogen and oxygen atoms in total. The van der Waals surface area contributed by atoms with E-state index >= 15 is 0 Å². The molecular weight excluding hydrogens is 292 g/mol. The minimum absolute atomic E-state index is 0.136. The zero-order valence-corrected chi connectivity index (χ0v) is 11.9. The number of phenolic OH excluding ortho intramolecular Hbond substituents is 1. The molecular formula is C16H11F2NOS. The minimum Gasteiger partial charge on any atom is -0.508 e. The summed E-state index contributed by atoms with van der Waals surface area (Å²) in [4.78, 5) is 4.32. The fourth-order valence-electron chi connectivity index (χ4n) is 2.01. The van der Waals surface area contributed by atoms with Crippen molar-refractivity contribution in [2.45, 2.75) is 6.92 Å². The number of nitrogens with zero attached hydrogens (tertiary/aromatic N) is 1. The molecule has 3 aromatic rings. The number of aromatic hydroxyl groups is 1. The van der Waals surface area contributed by atoms with Crippen molar-refractivity contribution in [2.24, 2.45) is 0 Å². The van der Waals surface area contributed by atoms with Crippen molar-refractivity contribution in [3.05, 3.63) is 59.0 Å². The van der Waals surface area contributed by atoms with Crippen molar-refractivity contribution in [3.8, 4) is 27.6 Å². The molecule has 0 bridgehead atoms. The van der Waals surface area contributed by atoms with Gasteiger partial charge in [0.1, 0.15) is 22.4 Å². The van der Waals surface area contributed by atoms with Crippen LogP contribution in [0.2, 0.25) is 0 Å². The normalized spacial score (nSPS) is 10.8. The quantitative estimate of drug-likeness (QED) is 0.739.